The van der Waals surface area contributed by atoms with Gasteiger partial charge in [-0.05, 0) is 240 Å². The van der Waals surface area contributed by atoms with E-state index < -0.39 is 0 Å². The third-order valence-electron chi connectivity index (χ3n) is 11.0. The fourth-order valence-corrected chi connectivity index (χ4v) is 7.33. The molecule has 0 fully saturated rings. The molecule has 0 atom stereocenters. The van der Waals surface area contributed by atoms with Crippen LogP contribution in [-0.2, 0) is 0 Å². The van der Waals surface area contributed by atoms with Gasteiger partial charge in [-0.15, -0.1) is 0 Å². The molecule has 0 saturated heterocycles. The van der Waals surface area contributed by atoms with Gasteiger partial charge in [-0.2, -0.15) is 0 Å². The molecule has 16 heteroatoms. The molecule has 8 N–H and O–H groups in total. The van der Waals surface area contributed by atoms with E-state index in [-0.39, 0.29) is 46.0 Å². The molecule has 424 valence electrons. The second-order valence-corrected chi connectivity index (χ2v) is 18.0. The molecular weight excluding hydrogens is 1060 g/mol. The standard InChI is InChI=1S/4C10H8N2.4C7H8O2/c4*1-5-11-6-2-9(1)10-3-7-12-8-4-10;4*1-5-2-6(8)4-7(9)3-5/h4*1-8H;4*2-4,8-9H,1H3. The molecule has 8 aromatic heterocycles. The number of aryl methyl sites for hydroxylation is 4. The largest absolute Gasteiger partial charge is 0.508 e. The molecule has 12 rings (SSSR count). The first-order valence-corrected chi connectivity index (χ1v) is 25.8. The molecule has 0 spiro atoms. The summed E-state index contributed by atoms with van der Waals surface area (Å²) in [5.41, 5.74) is 12.8. The van der Waals surface area contributed by atoms with Gasteiger partial charge < -0.3 is 40.9 Å². The van der Waals surface area contributed by atoms with E-state index in [0.29, 0.717) is 0 Å². The molecule has 0 aliphatic rings. The molecule has 0 radical (unpaired) electrons. The maximum Gasteiger partial charge on any atom is 0.119 e. The minimum Gasteiger partial charge on any atom is -0.508 e. The van der Waals surface area contributed by atoms with Crippen LogP contribution in [0.15, 0.2) is 269 Å². The van der Waals surface area contributed by atoms with Gasteiger partial charge in [-0.1, -0.05) is 0 Å². The van der Waals surface area contributed by atoms with Crippen LogP contribution in [0.5, 0.6) is 46.0 Å². The summed E-state index contributed by atoms with van der Waals surface area (Å²) >= 11 is 0. The second kappa shape index (κ2) is 35.2. The van der Waals surface area contributed by atoms with Crippen molar-refractivity contribution in [1.29, 1.82) is 0 Å². The number of hydrogen-bond acceptors (Lipinski definition) is 16. The van der Waals surface area contributed by atoms with Crippen molar-refractivity contribution in [2.75, 3.05) is 0 Å². The van der Waals surface area contributed by atoms with E-state index in [2.05, 4.69) is 39.9 Å². The molecule has 0 amide bonds. The van der Waals surface area contributed by atoms with Crippen molar-refractivity contribution in [2.45, 2.75) is 27.7 Å². The lowest BCUT2D eigenvalue weighted by molar-refractivity contribution is 0.448. The predicted molar refractivity (Wildman–Crippen MR) is 328 cm³/mol. The molecule has 4 aromatic carbocycles. The Morgan fingerprint density at radius 1 is 0.167 bits per heavy atom. The van der Waals surface area contributed by atoms with Crippen LogP contribution < -0.4 is 0 Å². The molecule has 0 unspecified atom stereocenters. The van der Waals surface area contributed by atoms with Gasteiger partial charge in [-0.25, -0.2) is 0 Å². The Labute approximate surface area is 488 Å². The van der Waals surface area contributed by atoms with Crippen LogP contribution in [0.2, 0.25) is 0 Å². The topological polar surface area (TPSA) is 265 Å². The summed E-state index contributed by atoms with van der Waals surface area (Å²) in [6, 6.07) is 49.6. The van der Waals surface area contributed by atoms with Crippen molar-refractivity contribution in [2.24, 2.45) is 0 Å². The Morgan fingerprint density at radius 3 is 0.345 bits per heavy atom. The minimum atomic E-state index is 0.104. The maximum atomic E-state index is 8.83. The number of aromatic nitrogens is 8. The summed E-state index contributed by atoms with van der Waals surface area (Å²) in [6.07, 6.45) is 28.6. The number of hydrogen-bond donors (Lipinski definition) is 8. The molecule has 12 aromatic rings. The first-order valence-electron chi connectivity index (χ1n) is 25.8. The number of pyridine rings is 8. The smallest absolute Gasteiger partial charge is 0.119 e. The zero-order valence-corrected chi connectivity index (χ0v) is 46.6. The molecule has 0 aliphatic heterocycles. The summed E-state index contributed by atoms with van der Waals surface area (Å²) in [7, 11) is 0. The van der Waals surface area contributed by atoms with Gasteiger partial charge in [0.2, 0.25) is 0 Å². The van der Waals surface area contributed by atoms with Gasteiger partial charge in [0.05, 0.1) is 0 Å². The number of benzene rings is 4. The van der Waals surface area contributed by atoms with Gasteiger partial charge in [0.1, 0.15) is 46.0 Å². The van der Waals surface area contributed by atoms with Crippen LogP contribution in [-0.4, -0.2) is 80.7 Å². The van der Waals surface area contributed by atoms with Gasteiger partial charge in [0.25, 0.3) is 0 Å². The van der Waals surface area contributed by atoms with E-state index in [1.165, 1.54) is 68.8 Å². The number of phenolic OH excluding ortho intramolecular Hbond substituents is 8. The lowest BCUT2D eigenvalue weighted by Crippen LogP contribution is -1.77. The highest BCUT2D eigenvalue weighted by Gasteiger charge is 1.98. The van der Waals surface area contributed by atoms with E-state index in [0.717, 1.165) is 22.3 Å². The van der Waals surface area contributed by atoms with Crippen molar-refractivity contribution in [3.05, 3.63) is 291 Å². The first-order chi connectivity index (χ1) is 40.6. The van der Waals surface area contributed by atoms with E-state index >= 15 is 0 Å². The Bertz CT molecular complexity index is 2890. The molecule has 16 nitrogen and oxygen atoms in total. The third kappa shape index (κ3) is 25.1. The Kier molecular flexibility index (Phi) is 26.5. The molecule has 84 heavy (non-hydrogen) atoms. The van der Waals surface area contributed by atoms with Gasteiger partial charge >= 0.3 is 0 Å². The Balaban J connectivity index is 0.000000176. The lowest BCUT2D eigenvalue weighted by Gasteiger charge is -1.97. The first kappa shape index (κ1) is 63.3. The zero-order chi connectivity index (χ0) is 60.3. The fourth-order valence-electron chi connectivity index (χ4n) is 7.33. The van der Waals surface area contributed by atoms with E-state index in [4.69, 9.17) is 40.9 Å². The molecule has 0 bridgehead atoms. The maximum absolute atomic E-state index is 8.83. The minimum absolute atomic E-state index is 0.104. The van der Waals surface area contributed by atoms with Crippen molar-refractivity contribution in [3.8, 4) is 90.5 Å². The Hall–Kier alpha value is -11.5. The summed E-state index contributed by atoms with van der Waals surface area (Å²) < 4.78 is 0. The highest BCUT2D eigenvalue weighted by Crippen LogP contribution is 2.23. The highest BCUT2D eigenvalue weighted by atomic mass is 16.3. The summed E-state index contributed by atoms with van der Waals surface area (Å²) in [6.45, 7) is 7.22. The number of aromatic hydroxyl groups is 8. The molecular formula is C68H64N8O8. The fraction of sp³-hybridized carbons (Fsp3) is 0.0588. The number of nitrogens with zero attached hydrogens (tertiary/aromatic N) is 8. The summed E-state index contributed by atoms with van der Waals surface area (Å²) in [5, 5.41) is 70.7. The van der Waals surface area contributed by atoms with Gasteiger partial charge in [-0.3, -0.25) is 39.9 Å². The third-order valence-corrected chi connectivity index (χ3v) is 11.0. The molecule has 8 heterocycles. The van der Waals surface area contributed by atoms with Crippen molar-refractivity contribution < 1.29 is 40.9 Å². The lowest BCUT2D eigenvalue weighted by atomic mass is 10.1. The SMILES string of the molecule is Cc1cc(O)cc(O)c1.Cc1cc(O)cc(O)c1.Cc1cc(O)cc(O)c1.Cc1cc(O)cc(O)c1.c1cc(-c2ccncc2)ccn1.c1cc(-c2ccncc2)ccn1.c1cc(-c2ccncc2)ccn1.c1cc(-c2ccncc2)ccn1. The average molecular weight is 1120 g/mol. The summed E-state index contributed by atoms with van der Waals surface area (Å²) in [4.78, 5) is 31.6. The Morgan fingerprint density at radius 2 is 0.262 bits per heavy atom. The highest BCUT2D eigenvalue weighted by molar-refractivity contribution is 5.64. The van der Waals surface area contributed by atoms with Gasteiger partial charge in [0.15, 0.2) is 0 Å². The number of rotatable bonds is 4. The molecule has 0 aliphatic carbocycles. The molecule has 0 saturated carbocycles. The predicted octanol–water partition coefficient (Wildman–Crippen LogP) is 14.2. The number of phenols is 8. The monoisotopic (exact) mass is 1120 g/mol. The van der Waals surface area contributed by atoms with Crippen LogP contribution in [0.25, 0.3) is 44.5 Å². The van der Waals surface area contributed by atoms with Crippen LogP contribution in [0, 0.1) is 27.7 Å². The zero-order valence-electron chi connectivity index (χ0n) is 46.6. The van der Waals surface area contributed by atoms with Crippen LogP contribution in [0.1, 0.15) is 22.3 Å². The van der Waals surface area contributed by atoms with Crippen molar-refractivity contribution >= 4 is 0 Å². The van der Waals surface area contributed by atoms with E-state index in [1.54, 1.807) is 175 Å². The second-order valence-electron chi connectivity index (χ2n) is 18.0. The van der Waals surface area contributed by atoms with E-state index in [1.807, 2.05) is 97.1 Å². The van der Waals surface area contributed by atoms with E-state index in [9.17, 15) is 0 Å². The van der Waals surface area contributed by atoms with Crippen molar-refractivity contribution in [3.63, 3.8) is 0 Å². The van der Waals surface area contributed by atoms with Crippen LogP contribution >= 0.6 is 0 Å². The van der Waals surface area contributed by atoms with Crippen LogP contribution in [0.3, 0.4) is 0 Å². The summed E-state index contributed by atoms with van der Waals surface area (Å²) in [5.74, 6) is 0.833. The van der Waals surface area contributed by atoms with Crippen molar-refractivity contribution in [1.82, 2.24) is 39.9 Å². The quantitative estimate of drug-likeness (QED) is 0.0814. The average Bonchev–Trinajstić information content (AvgIpc) is 3.56. The normalized spacial score (nSPS) is 9.57. The van der Waals surface area contributed by atoms with Gasteiger partial charge in [0, 0.05) is 123 Å². The van der Waals surface area contributed by atoms with Crippen LogP contribution in [0.4, 0.5) is 0 Å².